The summed E-state index contributed by atoms with van der Waals surface area (Å²) in [7, 11) is 0. The highest BCUT2D eigenvalue weighted by Crippen LogP contribution is 2.19. The van der Waals surface area contributed by atoms with Crippen LogP contribution < -0.4 is 0 Å². The second-order valence-electron chi connectivity index (χ2n) is 6.10. The fourth-order valence-electron chi connectivity index (χ4n) is 3.22. The standard InChI is InChI=1S/C18H23N3O3/c1-2-24-18(23)14-6-5-10-20(13-14)17(22)9-8-16-19-12-15-7-3-4-11-21(15)16/h3-4,7,11-12,14H,2,5-6,8-10,13H2,1H3. The number of rotatable bonds is 5. The Bertz CT molecular complexity index is 725. The maximum atomic E-state index is 12.5. The van der Waals surface area contributed by atoms with Gasteiger partial charge in [0.2, 0.25) is 5.91 Å². The van der Waals surface area contributed by atoms with E-state index in [1.54, 1.807) is 11.8 Å². The Morgan fingerprint density at radius 1 is 1.38 bits per heavy atom. The molecule has 1 aliphatic heterocycles. The fourth-order valence-corrected chi connectivity index (χ4v) is 3.22. The van der Waals surface area contributed by atoms with Crippen LogP contribution in [0.3, 0.4) is 0 Å². The van der Waals surface area contributed by atoms with Crippen LogP contribution in [0.5, 0.6) is 0 Å². The molecule has 2 aromatic rings. The van der Waals surface area contributed by atoms with Crippen LogP contribution >= 0.6 is 0 Å². The quantitative estimate of drug-likeness (QED) is 0.788. The molecule has 0 bridgehead atoms. The van der Waals surface area contributed by atoms with Crippen LogP contribution in [0.4, 0.5) is 0 Å². The molecule has 0 saturated carbocycles. The number of piperidine rings is 1. The first-order valence-corrected chi connectivity index (χ1v) is 8.54. The lowest BCUT2D eigenvalue weighted by Gasteiger charge is -2.31. The van der Waals surface area contributed by atoms with Crippen molar-refractivity contribution in [2.45, 2.75) is 32.6 Å². The van der Waals surface area contributed by atoms with Crippen molar-refractivity contribution in [1.82, 2.24) is 14.3 Å². The number of carbonyl (C=O) groups excluding carboxylic acids is 2. The third-order valence-corrected chi connectivity index (χ3v) is 4.47. The molecule has 3 rings (SSSR count). The summed E-state index contributed by atoms with van der Waals surface area (Å²) < 4.78 is 7.09. The Balaban J connectivity index is 1.57. The Kier molecular flexibility index (Phi) is 5.13. The first-order chi connectivity index (χ1) is 11.7. The highest BCUT2D eigenvalue weighted by atomic mass is 16.5. The number of hydrogen-bond acceptors (Lipinski definition) is 4. The second-order valence-corrected chi connectivity index (χ2v) is 6.10. The van der Waals surface area contributed by atoms with Crippen molar-refractivity contribution in [3.63, 3.8) is 0 Å². The van der Waals surface area contributed by atoms with Crippen molar-refractivity contribution in [1.29, 1.82) is 0 Å². The van der Waals surface area contributed by atoms with E-state index in [2.05, 4.69) is 4.98 Å². The van der Waals surface area contributed by atoms with E-state index < -0.39 is 0 Å². The van der Waals surface area contributed by atoms with E-state index in [0.717, 1.165) is 30.7 Å². The van der Waals surface area contributed by atoms with E-state index in [4.69, 9.17) is 4.74 Å². The number of aromatic nitrogens is 2. The normalized spacial score (nSPS) is 17.9. The molecule has 24 heavy (non-hydrogen) atoms. The lowest BCUT2D eigenvalue weighted by molar-refractivity contribution is -0.151. The first kappa shape index (κ1) is 16.5. The minimum Gasteiger partial charge on any atom is -0.466 e. The molecule has 1 atom stereocenters. The molecular weight excluding hydrogens is 306 g/mol. The number of nitrogens with zero attached hydrogens (tertiary/aromatic N) is 3. The monoisotopic (exact) mass is 329 g/mol. The summed E-state index contributed by atoms with van der Waals surface area (Å²) in [6, 6.07) is 5.91. The van der Waals surface area contributed by atoms with E-state index in [1.165, 1.54) is 0 Å². The van der Waals surface area contributed by atoms with Gasteiger partial charge in [0.05, 0.1) is 24.2 Å². The number of aryl methyl sites for hydroxylation is 1. The van der Waals surface area contributed by atoms with Gasteiger partial charge in [0.1, 0.15) is 5.82 Å². The smallest absolute Gasteiger partial charge is 0.310 e. The average Bonchev–Trinajstić information content (AvgIpc) is 3.03. The van der Waals surface area contributed by atoms with Crippen LogP contribution in [-0.4, -0.2) is 45.9 Å². The third-order valence-electron chi connectivity index (χ3n) is 4.47. The minimum atomic E-state index is -0.186. The largest absolute Gasteiger partial charge is 0.466 e. The van der Waals surface area contributed by atoms with Crippen molar-refractivity contribution in [3.05, 3.63) is 36.4 Å². The number of hydrogen-bond donors (Lipinski definition) is 0. The van der Waals surface area contributed by atoms with Crippen molar-refractivity contribution < 1.29 is 14.3 Å². The van der Waals surface area contributed by atoms with Crippen molar-refractivity contribution in [2.24, 2.45) is 5.92 Å². The van der Waals surface area contributed by atoms with E-state index in [9.17, 15) is 9.59 Å². The van der Waals surface area contributed by atoms with Crippen molar-refractivity contribution in [3.8, 4) is 0 Å². The van der Waals surface area contributed by atoms with Crippen LogP contribution in [0, 0.1) is 5.92 Å². The number of ether oxygens (including phenoxy) is 1. The molecule has 0 aromatic carbocycles. The summed E-state index contributed by atoms with van der Waals surface area (Å²) in [4.78, 5) is 30.6. The van der Waals surface area contributed by atoms with E-state index >= 15 is 0 Å². The molecule has 3 heterocycles. The van der Waals surface area contributed by atoms with Gasteiger partial charge < -0.3 is 14.0 Å². The van der Waals surface area contributed by atoms with Gasteiger partial charge in [0, 0.05) is 32.1 Å². The molecule has 0 spiro atoms. The molecule has 1 amide bonds. The lowest BCUT2D eigenvalue weighted by atomic mass is 9.98. The van der Waals surface area contributed by atoms with Crippen LogP contribution in [0.1, 0.15) is 32.0 Å². The van der Waals surface area contributed by atoms with Gasteiger partial charge in [-0.2, -0.15) is 0 Å². The predicted octanol–water partition coefficient (Wildman–Crippen LogP) is 2.07. The van der Waals surface area contributed by atoms with Gasteiger partial charge in [0.15, 0.2) is 0 Å². The third kappa shape index (κ3) is 3.58. The molecule has 1 fully saturated rings. The molecule has 1 aliphatic rings. The Hall–Kier alpha value is -2.37. The summed E-state index contributed by atoms with van der Waals surface area (Å²) in [5.74, 6) is 0.596. The molecule has 0 aliphatic carbocycles. The SMILES string of the molecule is CCOC(=O)C1CCCN(C(=O)CCc2ncc3ccccn23)C1. The summed E-state index contributed by atoms with van der Waals surface area (Å²) in [6.07, 6.45) is 6.42. The van der Waals surface area contributed by atoms with Crippen molar-refractivity contribution >= 4 is 17.4 Å². The topological polar surface area (TPSA) is 63.9 Å². The molecule has 0 radical (unpaired) electrons. The molecule has 6 nitrogen and oxygen atoms in total. The van der Waals surface area contributed by atoms with Crippen LogP contribution in [0.25, 0.3) is 5.52 Å². The highest BCUT2D eigenvalue weighted by molar-refractivity contribution is 5.78. The molecular formula is C18H23N3O3. The zero-order valence-corrected chi connectivity index (χ0v) is 14.0. The highest BCUT2D eigenvalue weighted by Gasteiger charge is 2.29. The number of amides is 1. The summed E-state index contributed by atoms with van der Waals surface area (Å²) in [5.41, 5.74) is 1.03. The molecule has 1 saturated heterocycles. The minimum absolute atomic E-state index is 0.0803. The number of pyridine rings is 1. The zero-order chi connectivity index (χ0) is 16.9. The van der Waals surface area contributed by atoms with E-state index in [0.29, 0.717) is 26.0 Å². The first-order valence-electron chi connectivity index (χ1n) is 8.54. The van der Waals surface area contributed by atoms with Gasteiger partial charge in [-0.05, 0) is 31.9 Å². The van der Waals surface area contributed by atoms with Gasteiger partial charge >= 0.3 is 5.97 Å². The number of esters is 1. The Morgan fingerprint density at radius 2 is 2.25 bits per heavy atom. The van der Waals surface area contributed by atoms with Gasteiger partial charge in [-0.3, -0.25) is 9.59 Å². The Morgan fingerprint density at radius 3 is 3.08 bits per heavy atom. The number of likely N-dealkylation sites (tertiary alicyclic amines) is 1. The molecule has 1 unspecified atom stereocenters. The summed E-state index contributed by atoms with van der Waals surface area (Å²) in [5, 5.41) is 0. The maximum Gasteiger partial charge on any atom is 0.310 e. The zero-order valence-electron chi connectivity index (χ0n) is 14.0. The van der Waals surface area contributed by atoms with Gasteiger partial charge in [-0.1, -0.05) is 6.07 Å². The van der Waals surface area contributed by atoms with Gasteiger partial charge in [-0.15, -0.1) is 0 Å². The van der Waals surface area contributed by atoms with Crippen LogP contribution in [0.15, 0.2) is 30.6 Å². The average molecular weight is 329 g/mol. The number of fused-ring (bicyclic) bond motifs is 1. The molecule has 2 aromatic heterocycles. The predicted molar refractivity (Wildman–Crippen MR) is 89.5 cm³/mol. The lowest BCUT2D eigenvalue weighted by Crippen LogP contribution is -2.42. The number of imidazole rings is 1. The molecule has 0 N–H and O–H groups in total. The van der Waals surface area contributed by atoms with E-state index in [-0.39, 0.29) is 17.8 Å². The number of carbonyl (C=O) groups is 2. The summed E-state index contributed by atoms with van der Waals surface area (Å²) in [6.45, 7) is 3.38. The van der Waals surface area contributed by atoms with E-state index in [1.807, 2.05) is 35.0 Å². The van der Waals surface area contributed by atoms with Gasteiger partial charge in [-0.25, -0.2) is 4.98 Å². The fraction of sp³-hybridized carbons (Fsp3) is 0.500. The molecule has 128 valence electrons. The summed E-state index contributed by atoms with van der Waals surface area (Å²) >= 11 is 0. The maximum absolute atomic E-state index is 12.5. The Labute approximate surface area is 141 Å². The van der Waals surface area contributed by atoms with Crippen LogP contribution in [-0.2, 0) is 20.7 Å². The molecule has 6 heteroatoms. The van der Waals surface area contributed by atoms with Crippen LogP contribution in [0.2, 0.25) is 0 Å². The second kappa shape index (κ2) is 7.47. The van der Waals surface area contributed by atoms with Crippen molar-refractivity contribution in [2.75, 3.05) is 19.7 Å². The van der Waals surface area contributed by atoms with Gasteiger partial charge in [0.25, 0.3) is 0 Å².